The molecule has 0 aliphatic heterocycles. The van der Waals surface area contributed by atoms with E-state index in [-0.39, 0.29) is 0 Å². The number of Topliss-reactive ketones (excluding diaryl/α,β-unsaturated/α-hetero) is 1. The van der Waals surface area contributed by atoms with Crippen molar-refractivity contribution >= 4 is 12.1 Å². The molecular formula is C26H16O2. The third-order valence-electron chi connectivity index (χ3n) is 5.33. The lowest BCUT2D eigenvalue weighted by molar-refractivity contribution is -0.104. The average molecular weight is 360 g/mol. The summed E-state index contributed by atoms with van der Waals surface area (Å²) in [6, 6.07) is 30.2. The maximum absolute atomic E-state index is 12.5. The molecule has 2 heteroatoms. The van der Waals surface area contributed by atoms with Crippen LogP contribution in [0.2, 0.25) is 0 Å². The number of aldehydes is 1. The molecule has 0 bridgehead atoms. The van der Waals surface area contributed by atoms with E-state index in [9.17, 15) is 9.59 Å². The van der Waals surface area contributed by atoms with Crippen LogP contribution in [-0.4, -0.2) is 12.1 Å². The molecule has 2 nitrogen and oxygen atoms in total. The Morgan fingerprint density at radius 2 is 1.18 bits per heavy atom. The molecule has 0 saturated heterocycles. The highest BCUT2D eigenvalue weighted by Gasteiger charge is 2.30. The van der Waals surface area contributed by atoms with E-state index >= 15 is 0 Å². The van der Waals surface area contributed by atoms with Gasteiger partial charge in [0, 0.05) is 11.1 Å². The number of fused-ring (bicyclic) bond motifs is 4. The Bertz CT molecular complexity index is 1220. The van der Waals surface area contributed by atoms with Gasteiger partial charge in [0.1, 0.15) is 0 Å². The molecule has 0 unspecified atom stereocenters. The molecule has 0 fully saturated rings. The van der Waals surface area contributed by atoms with Gasteiger partial charge < -0.3 is 0 Å². The fraction of sp³-hybridized carbons (Fsp3) is 0. The fourth-order valence-electron chi connectivity index (χ4n) is 4.01. The van der Waals surface area contributed by atoms with E-state index in [1.807, 2.05) is 54.6 Å². The smallest absolute Gasteiger partial charge is 0.226 e. The highest BCUT2D eigenvalue weighted by atomic mass is 16.2. The Balaban J connectivity index is 1.68. The zero-order valence-corrected chi connectivity index (χ0v) is 15.1. The van der Waals surface area contributed by atoms with Crippen LogP contribution in [0.3, 0.4) is 0 Å². The summed E-state index contributed by atoms with van der Waals surface area (Å²) in [7, 11) is 0. The predicted octanol–water partition coefficient (Wildman–Crippen LogP) is 6.05. The van der Waals surface area contributed by atoms with E-state index in [4.69, 9.17) is 0 Å². The van der Waals surface area contributed by atoms with Crippen molar-refractivity contribution in [3.63, 3.8) is 0 Å². The SMILES string of the molecule is O=CC(=O)c1c(-c2ccccc2)ccc2c1-c1ccc(-c3ccccc3)cc1-2. The predicted molar refractivity (Wildman–Crippen MR) is 112 cm³/mol. The average Bonchev–Trinajstić information content (AvgIpc) is 2.77. The van der Waals surface area contributed by atoms with Crippen molar-refractivity contribution in [2.75, 3.05) is 0 Å². The van der Waals surface area contributed by atoms with Crippen molar-refractivity contribution < 1.29 is 9.59 Å². The number of hydrogen-bond donors (Lipinski definition) is 0. The molecule has 5 rings (SSSR count). The van der Waals surface area contributed by atoms with E-state index in [0.29, 0.717) is 11.8 Å². The molecule has 0 amide bonds. The molecule has 1 aliphatic rings. The van der Waals surface area contributed by atoms with Gasteiger partial charge in [0.05, 0.1) is 0 Å². The van der Waals surface area contributed by atoms with Crippen molar-refractivity contribution in [3.05, 3.63) is 96.6 Å². The largest absolute Gasteiger partial charge is 0.294 e. The topological polar surface area (TPSA) is 34.1 Å². The first kappa shape index (κ1) is 16.4. The maximum Gasteiger partial charge on any atom is 0.226 e. The van der Waals surface area contributed by atoms with Gasteiger partial charge in [0.25, 0.3) is 0 Å². The van der Waals surface area contributed by atoms with E-state index < -0.39 is 5.78 Å². The first-order valence-corrected chi connectivity index (χ1v) is 9.20. The van der Waals surface area contributed by atoms with Gasteiger partial charge in [-0.25, -0.2) is 0 Å². The number of carbonyl (C=O) groups is 2. The molecule has 0 N–H and O–H groups in total. The van der Waals surface area contributed by atoms with Crippen LogP contribution in [0.5, 0.6) is 0 Å². The lowest BCUT2D eigenvalue weighted by atomic mass is 9.74. The molecular weight excluding hydrogens is 344 g/mol. The molecule has 0 atom stereocenters. The van der Waals surface area contributed by atoms with Crippen LogP contribution in [0, 0.1) is 0 Å². The van der Waals surface area contributed by atoms with Crippen molar-refractivity contribution in [3.8, 4) is 44.5 Å². The maximum atomic E-state index is 12.5. The van der Waals surface area contributed by atoms with Crippen molar-refractivity contribution in [1.29, 1.82) is 0 Å². The number of ketones is 1. The highest BCUT2D eigenvalue weighted by molar-refractivity contribution is 6.38. The van der Waals surface area contributed by atoms with Crippen molar-refractivity contribution in [2.45, 2.75) is 0 Å². The Morgan fingerprint density at radius 1 is 0.571 bits per heavy atom. The number of carbonyl (C=O) groups excluding carboxylic acids is 2. The van der Waals surface area contributed by atoms with Gasteiger partial charge in [-0.15, -0.1) is 0 Å². The van der Waals surface area contributed by atoms with Gasteiger partial charge in [-0.2, -0.15) is 0 Å². The number of benzene rings is 4. The summed E-state index contributed by atoms with van der Waals surface area (Å²) < 4.78 is 0. The monoisotopic (exact) mass is 360 g/mol. The van der Waals surface area contributed by atoms with Gasteiger partial charge in [-0.3, -0.25) is 9.59 Å². The summed E-state index contributed by atoms with van der Waals surface area (Å²) in [6.07, 6.45) is 0.415. The molecule has 0 spiro atoms. The molecule has 4 aromatic carbocycles. The van der Waals surface area contributed by atoms with Gasteiger partial charge >= 0.3 is 0 Å². The zero-order valence-electron chi connectivity index (χ0n) is 15.1. The zero-order chi connectivity index (χ0) is 19.1. The van der Waals surface area contributed by atoms with E-state index in [1.54, 1.807) is 0 Å². The standard InChI is InChI=1S/C26H16O2/c27-16-24(28)26-20(18-9-5-2-6-10-18)13-14-22-23-15-19(11-12-21(23)25(22)26)17-7-3-1-4-8-17/h1-16H. The van der Waals surface area contributed by atoms with Crippen LogP contribution in [0.15, 0.2) is 91.0 Å². The summed E-state index contributed by atoms with van der Waals surface area (Å²) >= 11 is 0. The number of rotatable bonds is 4. The van der Waals surface area contributed by atoms with Gasteiger partial charge in [0.2, 0.25) is 5.78 Å². The molecule has 0 heterocycles. The normalized spacial score (nSPS) is 11.1. The van der Waals surface area contributed by atoms with Crippen LogP contribution >= 0.6 is 0 Å². The first-order chi connectivity index (χ1) is 13.8. The quantitative estimate of drug-likeness (QED) is 0.222. The van der Waals surface area contributed by atoms with Crippen molar-refractivity contribution in [2.24, 2.45) is 0 Å². The molecule has 0 saturated carbocycles. The minimum Gasteiger partial charge on any atom is -0.294 e. The van der Waals surface area contributed by atoms with Crippen molar-refractivity contribution in [1.82, 2.24) is 0 Å². The summed E-state index contributed by atoms with van der Waals surface area (Å²) in [6.45, 7) is 0. The van der Waals surface area contributed by atoms with Crippen LogP contribution in [0.4, 0.5) is 0 Å². The molecule has 1 aliphatic carbocycles. The molecule has 28 heavy (non-hydrogen) atoms. The van der Waals surface area contributed by atoms with Crippen LogP contribution in [0.1, 0.15) is 10.4 Å². The Morgan fingerprint density at radius 3 is 1.86 bits per heavy atom. The van der Waals surface area contributed by atoms with Gasteiger partial charge in [-0.05, 0) is 45.0 Å². The Labute approximate surface area is 163 Å². The molecule has 0 radical (unpaired) electrons. The summed E-state index contributed by atoms with van der Waals surface area (Å²) in [5.41, 5.74) is 8.58. The second-order valence-electron chi connectivity index (χ2n) is 6.89. The van der Waals surface area contributed by atoms with Crippen LogP contribution in [0.25, 0.3) is 44.5 Å². The lowest BCUT2D eigenvalue weighted by Crippen LogP contribution is -2.11. The van der Waals surface area contributed by atoms with E-state index in [0.717, 1.165) is 44.5 Å². The van der Waals surface area contributed by atoms with E-state index in [1.165, 1.54) is 0 Å². The van der Waals surface area contributed by atoms with Crippen LogP contribution < -0.4 is 0 Å². The third-order valence-corrected chi connectivity index (χ3v) is 5.33. The molecule has 4 aromatic rings. The third kappa shape index (κ3) is 2.43. The van der Waals surface area contributed by atoms with Gasteiger partial charge in [-0.1, -0.05) is 84.9 Å². The van der Waals surface area contributed by atoms with Crippen LogP contribution in [-0.2, 0) is 4.79 Å². The fourth-order valence-corrected chi connectivity index (χ4v) is 4.01. The second kappa shape index (κ2) is 6.43. The minimum absolute atomic E-state index is 0.415. The molecule has 0 aromatic heterocycles. The first-order valence-electron chi connectivity index (χ1n) is 9.20. The minimum atomic E-state index is -0.478. The Kier molecular flexibility index (Phi) is 3.77. The molecule has 132 valence electrons. The van der Waals surface area contributed by atoms with E-state index in [2.05, 4.69) is 36.4 Å². The number of hydrogen-bond acceptors (Lipinski definition) is 2. The van der Waals surface area contributed by atoms with Gasteiger partial charge in [0.15, 0.2) is 6.29 Å². The summed E-state index contributed by atoms with van der Waals surface area (Å²) in [5, 5.41) is 0. The highest BCUT2D eigenvalue weighted by Crippen LogP contribution is 2.52. The summed E-state index contributed by atoms with van der Waals surface area (Å²) in [4.78, 5) is 23.9. The lowest BCUT2D eigenvalue weighted by Gasteiger charge is -2.28. The Hall–Kier alpha value is -3.78. The summed E-state index contributed by atoms with van der Waals surface area (Å²) in [5.74, 6) is -0.478. The second-order valence-corrected chi connectivity index (χ2v) is 6.89.